The molecule has 0 amide bonds. The van der Waals surface area contributed by atoms with Gasteiger partial charge in [0.2, 0.25) is 5.95 Å². The summed E-state index contributed by atoms with van der Waals surface area (Å²) in [6.45, 7) is 1.88. The van der Waals surface area contributed by atoms with E-state index in [4.69, 9.17) is 15.2 Å². The van der Waals surface area contributed by atoms with Crippen LogP contribution in [0.4, 0.5) is 11.8 Å². The van der Waals surface area contributed by atoms with Crippen LogP contribution in [0.25, 0.3) is 11.2 Å². The summed E-state index contributed by atoms with van der Waals surface area (Å²) in [5.74, 6) is 0.713. The first kappa shape index (κ1) is 16.4. The minimum Gasteiger partial charge on any atom is -0.394 e. The van der Waals surface area contributed by atoms with Crippen LogP contribution in [0.15, 0.2) is 6.33 Å². The lowest BCUT2D eigenvalue weighted by Crippen LogP contribution is -2.39. The number of nitrogens with zero attached hydrogens (tertiary/aromatic N) is 5. The third-order valence-corrected chi connectivity index (χ3v) is 4.55. The number of aliphatic hydroxyl groups excluding tert-OH is 3. The lowest BCUT2D eigenvalue weighted by atomic mass is 10.1. The second kappa shape index (κ2) is 6.35. The van der Waals surface area contributed by atoms with E-state index in [1.54, 1.807) is 4.57 Å². The Labute approximate surface area is 142 Å². The van der Waals surface area contributed by atoms with E-state index < -0.39 is 31.1 Å². The maximum Gasteiger partial charge on any atom is 0.210 e. The van der Waals surface area contributed by atoms with Gasteiger partial charge < -0.3 is 35.4 Å². The number of ether oxygens (including phenoxy) is 2. The van der Waals surface area contributed by atoms with E-state index in [0.29, 0.717) is 43.4 Å². The topological polar surface area (TPSA) is 152 Å². The number of aromatic nitrogens is 4. The number of fused-ring (bicyclic) bond motifs is 1. The smallest absolute Gasteiger partial charge is 0.210 e. The molecule has 4 unspecified atom stereocenters. The molecular formula is C14H20N6O5. The first-order valence-electron chi connectivity index (χ1n) is 8.05. The molecule has 136 valence electrons. The molecule has 2 aliphatic heterocycles. The standard InChI is InChI=1S/C14H20N6O5/c15-11-8-12(17-6-16-11)20(13-10(23)9(22)7(5-21)25-13)14(18-8)19-1-3-24-4-2-19/h6-7,9-10,13,21-23H,1-5H2,(H2,15,16,17). The Hall–Kier alpha value is -2.05. The molecule has 0 saturated carbocycles. The van der Waals surface area contributed by atoms with Gasteiger partial charge in [0, 0.05) is 13.1 Å². The van der Waals surface area contributed by atoms with Crippen LogP contribution in [0.3, 0.4) is 0 Å². The van der Waals surface area contributed by atoms with Crippen molar-refractivity contribution in [3.63, 3.8) is 0 Å². The Morgan fingerprint density at radius 2 is 1.96 bits per heavy atom. The largest absolute Gasteiger partial charge is 0.394 e. The van der Waals surface area contributed by atoms with Gasteiger partial charge in [0.25, 0.3) is 0 Å². The molecule has 2 aromatic heterocycles. The highest BCUT2D eigenvalue weighted by atomic mass is 16.6. The van der Waals surface area contributed by atoms with Crippen LogP contribution >= 0.6 is 0 Å². The number of hydrogen-bond acceptors (Lipinski definition) is 10. The second-order valence-electron chi connectivity index (χ2n) is 6.04. The highest BCUT2D eigenvalue weighted by Gasteiger charge is 2.45. The van der Waals surface area contributed by atoms with Crippen LogP contribution in [0.5, 0.6) is 0 Å². The summed E-state index contributed by atoms with van der Waals surface area (Å²) < 4.78 is 12.6. The van der Waals surface area contributed by atoms with Crippen LogP contribution in [0, 0.1) is 0 Å². The molecule has 0 aromatic carbocycles. The normalized spacial score (nSPS) is 30.3. The van der Waals surface area contributed by atoms with E-state index in [0.717, 1.165) is 0 Å². The quantitative estimate of drug-likeness (QED) is 0.481. The fourth-order valence-corrected chi connectivity index (χ4v) is 3.23. The zero-order valence-corrected chi connectivity index (χ0v) is 13.4. The molecular weight excluding hydrogens is 332 g/mol. The number of morpholine rings is 1. The number of nitrogen functional groups attached to an aromatic ring is 1. The monoisotopic (exact) mass is 352 g/mol. The maximum atomic E-state index is 10.4. The van der Waals surface area contributed by atoms with Crippen LogP contribution < -0.4 is 10.6 Å². The Bertz CT molecular complexity index is 763. The summed E-state index contributed by atoms with van der Waals surface area (Å²) >= 11 is 0. The van der Waals surface area contributed by atoms with Gasteiger partial charge in [0.1, 0.15) is 24.6 Å². The van der Waals surface area contributed by atoms with Crippen molar-refractivity contribution in [3.8, 4) is 0 Å². The molecule has 4 heterocycles. The predicted octanol–water partition coefficient (Wildman–Crippen LogP) is -2.14. The Kier molecular flexibility index (Phi) is 4.17. The first-order chi connectivity index (χ1) is 12.1. The summed E-state index contributed by atoms with van der Waals surface area (Å²) in [5, 5.41) is 29.9. The van der Waals surface area contributed by atoms with Gasteiger partial charge in [-0.3, -0.25) is 4.57 Å². The summed E-state index contributed by atoms with van der Waals surface area (Å²) in [5.41, 5.74) is 6.70. The van der Waals surface area contributed by atoms with Crippen molar-refractivity contribution in [2.75, 3.05) is 43.5 Å². The summed E-state index contributed by atoms with van der Waals surface area (Å²) in [6, 6.07) is 0. The van der Waals surface area contributed by atoms with Crippen molar-refractivity contribution in [2.24, 2.45) is 0 Å². The Morgan fingerprint density at radius 3 is 2.64 bits per heavy atom. The van der Waals surface area contributed by atoms with Gasteiger partial charge in [0.15, 0.2) is 23.2 Å². The number of imidazole rings is 1. The van der Waals surface area contributed by atoms with Crippen molar-refractivity contribution in [2.45, 2.75) is 24.5 Å². The molecule has 5 N–H and O–H groups in total. The highest BCUT2D eigenvalue weighted by Crippen LogP contribution is 2.36. The Balaban J connectivity index is 1.84. The van der Waals surface area contributed by atoms with E-state index in [9.17, 15) is 15.3 Å². The van der Waals surface area contributed by atoms with Gasteiger partial charge >= 0.3 is 0 Å². The van der Waals surface area contributed by atoms with Crippen molar-refractivity contribution < 1.29 is 24.8 Å². The highest BCUT2D eigenvalue weighted by molar-refractivity contribution is 5.84. The number of aliphatic hydroxyl groups is 3. The van der Waals surface area contributed by atoms with Gasteiger partial charge in [0.05, 0.1) is 19.8 Å². The molecule has 4 atom stereocenters. The van der Waals surface area contributed by atoms with E-state index in [-0.39, 0.29) is 5.82 Å². The molecule has 25 heavy (non-hydrogen) atoms. The Morgan fingerprint density at radius 1 is 1.20 bits per heavy atom. The second-order valence-corrected chi connectivity index (χ2v) is 6.04. The average molecular weight is 352 g/mol. The fourth-order valence-electron chi connectivity index (χ4n) is 3.23. The number of rotatable bonds is 3. The molecule has 2 saturated heterocycles. The van der Waals surface area contributed by atoms with E-state index >= 15 is 0 Å². The van der Waals surface area contributed by atoms with Gasteiger partial charge in [-0.15, -0.1) is 0 Å². The molecule has 0 spiro atoms. The fraction of sp³-hybridized carbons (Fsp3) is 0.643. The number of anilines is 2. The SMILES string of the molecule is Nc1ncnc2c1nc(N1CCOCC1)n2C1OC(CO)C(O)C1O. The molecule has 0 aliphatic carbocycles. The first-order valence-corrected chi connectivity index (χ1v) is 8.05. The van der Waals surface area contributed by atoms with Gasteiger partial charge in [-0.2, -0.15) is 0 Å². The van der Waals surface area contributed by atoms with E-state index in [2.05, 4.69) is 15.0 Å². The van der Waals surface area contributed by atoms with Crippen LogP contribution in [0.2, 0.25) is 0 Å². The third-order valence-electron chi connectivity index (χ3n) is 4.55. The molecule has 0 radical (unpaired) electrons. The lowest BCUT2D eigenvalue weighted by Gasteiger charge is -2.30. The van der Waals surface area contributed by atoms with Crippen molar-refractivity contribution in [1.29, 1.82) is 0 Å². The van der Waals surface area contributed by atoms with Gasteiger partial charge in [-0.1, -0.05) is 0 Å². The summed E-state index contributed by atoms with van der Waals surface area (Å²) in [6.07, 6.45) is -3.01. The van der Waals surface area contributed by atoms with Crippen LogP contribution in [0.1, 0.15) is 6.23 Å². The zero-order valence-electron chi connectivity index (χ0n) is 13.4. The molecule has 4 rings (SSSR count). The molecule has 2 aliphatic rings. The number of nitrogens with two attached hydrogens (primary N) is 1. The predicted molar refractivity (Wildman–Crippen MR) is 85.8 cm³/mol. The average Bonchev–Trinajstić information content (AvgIpc) is 3.15. The minimum absolute atomic E-state index is 0.213. The minimum atomic E-state index is -1.24. The molecule has 11 nitrogen and oxygen atoms in total. The van der Waals surface area contributed by atoms with Gasteiger partial charge in [-0.05, 0) is 0 Å². The zero-order chi connectivity index (χ0) is 17.6. The van der Waals surface area contributed by atoms with E-state index in [1.165, 1.54) is 6.33 Å². The molecule has 0 bridgehead atoms. The van der Waals surface area contributed by atoms with Gasteiger partial charge in [-0.25, -0.2) is 15.0 Å². The summed E-state index contributed by atoms with van der Waals surface area (Å²) in [4.78, 5) is 14.7. The van der Waals surface area contributed by atoms with Crippen molar-refractivity contribution in [3.05, 3.63) is 6.33 Å². The van der Waals surface area contributed by atoms with E-state index in [1.807, 2.05) is 4.90 Å². The van der Waals surface area contributed by atoms with Crippen LogP contribution in [-0.2, 0) is 9.47 Å². The molecule has 2 aromatic rings. The lowest BCUT2D eigenvalue weighted by molar-refractivity contribution is -0.0506. The van der Waals surface area contributed by atoms with Crippen molar-refractivity contribution in [1.82, 2.24) is 19.5 Å². The van der Waals surface area contributed by atoms with Crippen molar-refractivity contribution >= 4 is 22.9 Å². The maximum absolute atomic E-state index is 10.4. The molecule has 11 heteroatoms. The number of hydrogen-bond donors (Lipinski definition) is 4. The van der Waals surface area contributed by atoms with Crippen LogP contribution in [-0.4, -0.2) is 86.1 Å². The third kappa shape index (κ3) is 2.60. The summed E-state index contributed by atoms with van der Waals surface area (Å²) in [7, 11) is 0. The molecule has 2 fully saturated rings.